The Hall–Kier alpha value is -2.13. The molecule has 1 aliphatic carbocycles. The Morgan fingerprint density at radius 2 is 1.64 bits per heavy atom. The maximum absolute atomic E-state index is 10.8. The van der Waals surface area contributed by atoms with E-state index < -0.39 is 5.97 Å². The molecule has 0 unspecified atom stereocenters. The first kappa shape index (κ1) is 20.6. The van der Waals surface area contributed by atoms with Crippen LogP contribution >= 0.6 is 11.3 Å². The first-order valence-electron chi connectivity index (χ1n) is 9.83. The number of allylic oxidation sites excluding steroid dienone is 2. The molecule has 2 nitrogen and oxygen atoms in total. The number of fused-ring (bicyclic) bond motifs is 1. The molecule has 148 valence electrons. The number of carboxylic acid groups (broad SMARTS) is 1. The lowest BCUT2D eigenvalue weighted by Crippen LogP contribution is -2.34. The molecule has 0 spiro atoms. The van der Waals surface area contributed by atoms with E-state index in [2.05, 4.69) is 57.5 Å². The van der Waals surface area contributed by atoms with Crippen LogP contribution in [0.15, 0.2) is 40.6 Å². The van der Waals surface area contributed by atoms with Crippen molar-refractivity contribution >= 4 is 23.4 Å². The zero-order chi connectivity index (χ0) is 20.7. The summed E-state index contributed by atoms with van der Waals surface area (Å²) in [6, 6.07) is 4.80. The van der Waals surface area contributed by atoms with Gasteiger partial charge in [0.05, 0.1) is 0 Å². The van der Waals surface area contributed by atoms with Crippen LogP contribution in [0.4, 0.5) is 0 Å². The van der Waals surface area contributed by atoms with Gasteiger partial charge in [-0.3, -0.25) is 0 Å². The SMILES string of the molecule is CC(C=Cc1cscc1-c1cc2c(cc1C)C(C)(C)CCC2(C)C)=CC(=O)O. The Labute approximate surface area is 172 Å². The highest BCUT2D eigenvalue weighted by molar-refractivity contribution is 7.08. The van der Waals surface area contributed by atoms with E-state index in [1.165, 1.54) is 46.7 Å². The zero-order valence-electron chi connectivity index (χ0n) is 17.7. The summed E-state index contributed by atoms with van der Waals surface area (Å²) >= 11 is 1.69. The molecule has 28 heavy (non-hydrogen) atoms. The molecule has 0 amide bonds. The number of thiophene rings is 1. The fourth-order valence-electron chi connectivity index (χ4n) is 4.13. The van der Waals surface area contributed by atoms with Crippen LogP contribution in [0.3, 0.4) is 0 Å². The van der Waals surface area contributed by atoms with Crippen molar-refractivity contribution in [2.75, 3.05) is 0 Å². The summed E-state index contributed by atoms with van der Waals surface area (Å²) in [5, 5.41) is 13.2. The Balaban J connectivity index is 2.09. The van der Waals surface area contributed by atoms with E-state index in [4.69, 9.17) is 5.11 Å². The Bertz CT molecular complexity index is 970. The second kappa shape index (κ2) is 7.36. The second-order valence-electron chi connectivity index (χ2n) is 9.28. The van der Waals surface area contributed by atoms with Crippen molar-refractivity contribution in [2.24, 2.45) is 0 Å². The van der Waals surface area contributed by atoms with Crippen LogP contribution in [0.1, 0.15) is 69.7 Å². The molecule has 0 bridgehead atoms. The van der Waals surface area contributed by atoms with Crippen LogP contribution in [0.2, 0.25) is 0 Å². The zero-order valence-corrected chi connectivity index (χ0v) is 18.5. The number of hydrogen-bond acceptors (Lipinski definition) is 2. The van der Waals surface area contributed by atoms with Crippen molar-refractivity contribution in [3.8, 4) is 11.1 Å². The van der Waals surface area contributed by atoms with Gasteiger partial charge in [0.2, 0.25) is 0 Å². The molecule has 0 atom stereocenters. The van der Waals surface area contributed by atoms with Crippen LogP contribution in [0, 0.1) is 6.92 Å². The summed E-state index contributed by atoms with van der Waals surface area (Å²) in [6.07, 6.45) is 7.55. The molecule has 1 aliphatic rings. The summed E-state index contributed by atoms with van der Waals surface area (Å²) in [4.78, 5) is 10.8. The molecular formula is C25H30O2S. The van der Waals surface area contributed by atoms with Gasteiger partial charge in [0.1, 0.15) is 0 Å². The third kappa shape index (κ3) is 4.00. The number of benzene rings is 1. The molecule has 0 saturated heterocycles. The Morgan fingerprint density at radius 3 is 2.25 bits per heavy atom. The van der Waals surface area contributed by atoms with Gasteiger partial charge in [-0.1, -0.05) is 52.0 Å². The molecule has 3 rings (SSSR count). The van der Waals surface area contributed by atoms with Crippen LogP contribution in [0.25, 0.3) is 17.2 Å². The largest absolute Gasteiger partial charge is 0.478 e. The topological polar surface area (TPSA) is 37.3 Å². The van der Waals surface area contributed by atoms with E-state index in [0.717, 1.165) is 11.1 Å². The fraction of sp³-hybridized carbons (Fsp3) is 0.400. The third-order valence-corrected chi connectivity index (χ3v) is 6.82. The van der Waals surface area contributed by atoms with Crippen molar-refractivity contribution in [3.05, 3.63) is 62.9 Å². The highest BCUT2D eigenvalue weighted by atomic mass is 32.1. The highest BCUT2D eigenvalue weighted by Crippen LogP contribution is 2.48. The molecule has 2 aromatic rings. The van der Waals surface area contributed by atoms with E-state index in [9.17, 15) is 4.79 Å². The average molecular weight is 395 g/mol. The molecule has 1 N–H and O–H groups in total. The van der Waals surface area contributed by atoms with Crippen molar-refractivity contribution in [1.82, 2.24) is 0 Å². The smallest absolute Gasteiger partial charge is 0.328 e. The number of carboxylic acids is 1. The molecule has 3 heteroatoms. The van der Waals surface area contributed by atoms with Gasteiger partial charge in [-0.15, -0.1) is 0 Å². The predicted octanol–water partition coefficient (Wildman–Crippen LogP) is 7.12. The van der Waals surface area contributed by atoms with Crippen molar-refractivity contribution in [3.63, 3.8) is 0 Å². The predicted molar refractivity (Wildman–Crippen MR) is 120 cm³/mol. The number of hydrogen-bond donors (Lipinski definition) is 1. The first-order valence-corrected chi connectivity index (χ1v) is 10.8. The monoisotopic (exact) mass is 394 g/mol. The number of carbonyl (C=O) groups is 1. The van der Waals surface area contributed by atoms with Crippen molar-refractivity contribution in [2.45, 2.75) is 65.2 Å². The molecule has 0 fully saturated rings. The minimum atomic E-state index is -0.914. The van der Waals surface area contributed by atoms with Gasteiger partial charge in [0, 0.05) is 6.08 Å². The van der Waals surface area contributed by atoms with Crippen LogP contribution in [-0.2, 0) is 15.6 Å². The second-order valence-corrected chi connectivity index (χ2v) is 10.0. The van der Waals surface area contributed by atoms with Gasteiger partial charge in [-0.2, -0.15) is 11.3 Å². The highest BCUT2D eigenvalue weighted by Gasteiger charge is 2.37. The van der Waals surface area contributed by atoms with Crippen LogP contribution in [0.5, 0.6) is 0 Å². The molecule has 0 saturated carbocycles. The van der Waals surface area contributed by atoms with Gasteiger partial charge >= 0.3 is 5.97 Å². The third-order valence-electron chi connectivity index (χ3n) is 6.06. The van der Waals surface area contributed by atoms with E-state index >= 15 is 0 Å². The summed E-state index contributed by atoms with van der Waals surface area (Å²) in [7, 11) is 0. The van der Waals surface area contributed by atoms with E-state index in [-0.39, 0.29) is 10.8 Å². The minimum Gasteiger partial charge on any atom is -0.478 e. The number of aliphatic carboxylic acids is 1. The maximum atomic E-state index is 10.8. The van der Waals surface area contributed by atoms with Crippen LogP contribution in [-0.4, -0.2) is 11.1 Å². The van der Waals surface area contributed by atoms with Gasteiger partial charge in [0.15, 0.2) is 0 Å². The first-order chi connectivity index (χ1) is 13.0. The number of aryl methyl sites for hydroxylation is 1. The average Bonchev–Trinajstić information content (AvgIpc) is 3.04. The Kier molecular flexibility index (Phi) is 5.42. The molecule has 1 aromatic heterocycles. The summed E-state index contributed by atoms with van der Waals surface area (Å²) < 4.78 is 0. The molecular weight excluding hydrogens is 364 g/mol. The molecule has 1 aromatic carbocycles. The van der Waals surface area contributed by atoms with E-state index in [1.54, 1.807) is 11.3 Å². The fourth-order valence-corrected chi connectivity index (χ4v) is 4.95. The quantitative estimate of drug-likeness (QED) is 0.443. The maximum Gasteiger partial charge on any atom is 0.328 e. The standard InChI is InChI=1S/C25H30O2S/c1-16(11-23(26)27)7-8-18-14-28-15-20(18)19-13-22-21(12-17(19)2)24(3,4)9-10-25(22,5)6/h7-8,11-15H,9-10H2,1-6H3,(H,26,27). The molecule has 0 aliphatic heterocycles. The van der Waals surface area contributed by atoms with Gasteiger partial charge < -0.3 is 5.11 Å². The van der Waals surface area contributed by atoms with E-state index in [1.807, 2.05) is 19.1 Å². The van der Waals surface area contributed by atoms with Gasteiger partial charge in [0.25, 0.3) is 0 Å². The van der Waals surface area contributed by atoms with Crippen LogP contribution < -0.4 is 0 Å². The van der Waals surface area contributed by atoms with Crippen molar-refractivity contribution < 1.29 is 9.90 Å². The lowest BCUT2D eigenvalue weighted by molar-refractivity contribution is -0.131. The van der Waals surface area contributed by atoms with Gasteiger partial charge in [-0.05, 0) is 87.2 Å². The normalized spacial score (nSPS) is 18.3. The summed E-state index contributed by atoms with van der Waals surface area (Å²) in [5.74, 6) is -0.914. The summed E-state index contributed by atoms with van der Waals surface area (Å²) in [5.41, 5.74) is 9.02. The van der Waals surface area contributed by atoms with Crippen molar-refractivity contribution in [1.29, 1.82) is 0 Å². The molecule has 0 radical (unpaired) electrons. The van der Waals surface area contributed by atoms with Gasteiger partial charge in [-0.25, -0.2) is 4.79 Å². The Morgan fingerprint density at radius 1 is 1.04 bits per heavy atom. The lowest BCUT2D eigenvalue weighted by atomic mass is 9.62. The lowest BCUT2D eigenvalue weighted by Gasteiger charge is -2.42. The summed E-state index contributed by atoms with van der Waals surface area (Å²) in [6.45, 7) is 13.4. The molecule has 1 heterocycles. The minimum absolute atomic E-state index is 0.181. The number of rotatable bonds is 4. The van der Waals surface area contributed by atoms with E-state index in [0.29, 0.717) is 0 Å².